The number of carbonyl (C=O) groups excluding carboxylic acids is 1. The topological polar surface area (TPSA) is 76.4 Å². The normalized spacial score (nSPS) is 13.6. The van der Waals surface area contributed by atoms with Crippen LogP contribution in [0.15, 0.2) is 67.1 Å². The largest absolute Gasteiger partial charge is 0.494 e. The molecule has 2 aromatic carbocycles. The highest BCUT2D eigenvalue weighted by Gasteiger charge is 2.24. The minimum atomic E-state index is -0.254. The zero-order valence-electron chi connectivity index (χ0n) is 20.3. The van der Waals surface area contributed by atoms with Crippen molar-refractivity contribution in [3.63, 3.8) is 0 Å². The number of hydrogen-bond acceptors (Lipinski definition) is 6. The maximum absolute atomic E-state index is 13.8. The minimum Gasteiger partial charge on any atom is -0.494 e. The first-order valence-corrected chi connectivity index (χ1v) is 11.8. The lowest BCUT2D eigenvalue weighted by Crippen LogP contribution is -2.49. The van der Waals surface area contributed by atoms with Crippen LogP contribution in [0.1, 0.15) is 11.4 Å². The second kappa shape index (κ2) is 10.2. The molecule has 0 N–H and O–H groups in total. The van der Waals surface area contributed by atoms with E-state index in [-0.39, 0.29) is 18.1 Å². The van der Waals surface area contributed by atoms with Gasteiger partial charge < -0.3 is 19.1 Å². The van der Waals surface area contributed by atoms with Gasteiger partial charge in [0.2, 0.25) is 11.9 Å². The molecule has 1 aliphatic rings. The van der Waals surface area contributed by atoms with Gasteiger partial charge in [0.25, 0.3) is 0 Å². The minimum absolute atomic E-state index is 0.00918. The third-order valence-corrected chi connectivity index (χ3v) is 6.34. The maximum Gasteiger partial charge on any atom is 0.230 e. The van der Waals surface area contributed by atoms with Gasteiger partial charge in [0.05, 0.1) is 31.6 Å². The number of methoxy groups -OCH3 is 1. The number of benzene rings is 2. The predicted octanol–water partition coefficient (Wildman–Crippen LogP) is 3.68. The summed E-state index contributed by atoms with van der Waals surface area (Å²) in [5.41, 5.74) is 2.98. The molecular weight excluding hydrogens is 459 g/mol. The summed E-state index contributed by atoms with van der Waals surface area (Å²) < 4.78 is 20.9. The Kier molecular flexibility index (Phi) is 6.62. The van der Waals surface area contributed by atoms with E-state index in [9.17, 15) is 9.18 Å². The number of nitrogens with zero attached hydrogens (tertiary/aromatic N) is 6. The van der Waals surface area contributed by atoms with Crippen molar-refractivity contribution in [2.45, 2.75) is 13.3 Å². The zero-order chi connectivity index (χ0) is 25.1. The first kappa shape index (κ1) is 23.5. The Bertz CT molecular complexity index is 1350. The molecule has 0 atom stereocenters. The Hall–Kier alpha value is -4.27. The van der Waals surface area contributed by atoms with Crippen LogP contribution in [-0.4, -0.2) is 63.6 Å². The van der Waals surface area contributed by atoms with Crippen LogP contribution in [0.25, 0.3) is 16.9 Å². The molecule has 184 valence electrons. The van der Waals surface area contributed by atoms with E-state index >= 15 is 0 Å². The van der Waals surface area contributed by atoms with Gasteiger partial charge in [-0.25, -0.2) is 19.3 Å². The third kappa shape index (κ3) is 4.91. The lowest BCUT2D eigenvalue weighted by atomic mass is 10.1. The molecule has 5 rings (SSSR count). The van der Waals surface area contributed by atoms with Crippen LogP contribution < -0.4 is 9.64 Å². The first-order chi connectivity index (χ1) is 17.5. The molecule has 8 nitrogen and oxygen atoms in total. The molecule has 0 bridgehead atoms. The summed E-state index contributed by atoms with van der Waals surface area (Å²) in [6.45, 7) is 4.17. The molecule has 1 aliphatic heterocycles. The van der Waals surface area contributed by atoms with Crippen molar-refractivity contribution < 1.29 is 13.9 Å². The quantitative estimate of drug-likeness (QED) is 0.414. The van der Waals surface area contributed by atoms with E-state index in [0.29, 0.717) is 55.0 Å². The average molecular weight is 487 g/mol. The molecular formula is C27H27FN6O2. The van der Waals surface area contributed by atoms with Crippen LogP contribution in [-0.2, 0) is 11.2 Å². The summed E-state index contributed by atoms with van der Waals surface area (Å²) in [7, 11) is 1.58. The van der Waals surface area contributed by atoms with Crippen molar-refractivity contribution >= 4 is 11.9 Å². The molecule has 1 saturated heterocycles. The molecule has 4 aromatic rings. The second-order valence-electron chi connectivity index (χ2n) is 8.68. The molecule has 1 fully saturated rings. The van der Waals surface area contributed by atoms with E-state index in [4.69, 9.17) is 9.72 Å². The number of halogens is 1. The van der Waals surface area contributed by atoms with Crippen LogP contribution in [0.3, 0.4) is 0 Å². The van der Waals surface area contributed by atoms with Crippen molar-refractivity contribution in [2.24, 2.45) is 0 Å². The molecule has 36 heavy (non-hydrogen) atoms. The van der Waals surface area contributed by atoms with E-state index in [2.05, 4.69) is 14.9 Å². The fourth-order valence-electron chi connectivity index (χ4n) is 4.28. The molecule has 0 aliphatic carbocycles. The average Bonchev–Trinajstić information content (AvgIpc) is 3.34. The van der Waals surface area contributed by atoms with Crippen molar-refractivity contribution in [1.82, 2.24) is 24.4 Å². The Morgan fingerprint density at radius 2 is 1.75 bits per heavy atom. The van der Waals surface area contributed by atoms with Crippen LogP contribution in [0.5, 0.6) is 5.75 Å². The third-order valence-electron chi connectivity index (χ3n) is 6.34. The number of rotatable bonds is 6. The fourth-order valence-corrected chi connectivity index (χ4v) is 4.28. The van der Waals surface area contributed by atoms with Gasteiger partial charge in [0.15, 0.2) is 5.75 Å². The smallest absolute Gasteiger partial charge is 0.230 e. The van der Waals surface area contributed by atoms with Gasteiger partial charge in [-0.15, -0.1) is 0 Å². The van der Waals surface area contributed by atoms with Gasteiger partial charge in [0.1, 0.15) is 11.6 Å². The van der Waals surface area contributed by atoms with Gasteiger partial charge in [-0.2, -0.15) is 0 Å². The number of imidazole rings is 1. The van der Waals surface area contributed by atoms with E-state index in [1.54, 1.807) is 38.6 Å². The number of aryl methyl sites for hydroxylation is 1. The fraction of sp³-hybridized carbons (Fsp3) is 0.259. The summed E-state index contributed by atoms with van der Waals surface area (Å²) in [5.74, 6) is 1.63. The highest BCUT2D eigenvalue weighted by molar-refractivity contribution is 5.79. The number of carbonyl (C=O) groups is 1. The standard InChI is InChI=1S/C27H27FN6O2/c1-19-14-20(8-9-23(19)28)24-18-34(21-6-4-3-5-7-21)25(31-24)15-26(35)32-10-12-33(13-11-32)27-29-16-22(36-2)17-30-27/h3-9,14,16-18H,10-13,15H2,1-2H3. The van der Waals surface area contributed by atoms with E-state index < -0.39 is 0 Å². The van der Waals surface area contributed by atoms with Gasteiger partial charge in [-0.05, 0) is 42.8 Å². The number of amides is 1. The Labute approximate surface area is 209 Å². The number of hydrogen-bond donors (Lipinski definition) is 0. The van der Waals surface area contributed by atoms with Gasteiger partial charge >= 0.3 is 0 Å². The van der Waals surface area contributed by atoms with E-state index in [1.807, 2.05) is 46.0 Å². The molecule has 1 amide bonds. The summed E-state index contributed by atoms with van der Waals surface area (Å²) in [4.78, 5) is 30.7. The Balaban J connectivity index is 1.33. The number of aromatic nitrogens is 4. The number of para-hydroxylation sites is 1. The summed E-state index contributed by atoms with van der Waals surface area (Å²) in [6, 6.07) is 14.7. The SMILES string of the molecule is COc1cnc(N2CCN(C(=O)Cc3nc(-c4ccc(F)c(C)c4)cn3-c3ccccc3)CC2)nc1. The molecule has 0 unspecified atom stereocenters. The molecule has 0 radical (unpaired) electrons. The van der Waals surface area contributed by atoms with Crippen LogP contribution in [0.2, 0.25) is 0 Å². The monoisotopic (exact) mass is 486 g/mol. The van der Waals surface area contributed by atoms with Gasteiger partial charge in [-0.3, -0.25) is 4.79 Å². The molecule has 9 heteroatoms. The van der Waals surface area contributed by atoms with Gasteiger partial charge in [0, 0.05) is 43.6 Å². The van der Waals surface area contributed by atoms with E-state index in [1.165, 1.54) is 6.07 Å². The Morgan fingerprint density at radius 1 is 1.03 bits per heavy atom. The zero-order valence-corrected chi connectivity index (χ0v) is 20.3. The lowest BCUT2D eigenvalue weighted by Gasteiger charge is -2.34. The van der Waals surface area contributed by atoms with Crippen molar-refractivity contribution in [3.8, 4) is 22.7 Å². The van der Waals surface area contributed by atoms with Gasteiger partial charge in [-0.1, -0.05) is 18.2 Å². The van der Waals surface area contributed by atoms with Crippen LogP contribution in [0, 0.1) is 12.7 Å². The number of anilines is 1. The summed E-state index contributed by atoms with van der Waals surface area (Å²) in [5, 5.41) is 0. The van der Waals surface area contributed by atoms with Crippen LogP contribution >= 0.6 is 0 Å². The summed E-state index contributed by atoms with van der Waals surface area (Å²) >= 11 is 0. The molecule has 0 saturated carbocycles. The molecule has 0 spiro atoms. The highest BCUT2D eigenvalue weighted by Crippen LogP contribution is 2.24. The number of ether oxygens (including phenoxy) is 1. The Morgan fingerprint density at radius 3 is 2.42 bits per heavy atom. The summed E-state index contributed by atoms with van der Waals surface area (Å²) in [6.07, 6.45) is 5.35. The molecule has 3 heterocycles. The highest BCUT2D eigenvalue weighted by atomic mass is 19.1. The van der Waals surface area contributed by atoms with Crippen molar-refractivity contribution in [2.75, 3.05) is 38.2 Å². The number of piperazine rings is 1. The van der Waals surface area contributed by atoms with Crippen molar-refractivity contribution in [3.05, 3.63) is 84.3 Å². The molecule has 2 aromatic heterocycles. The second-order valence-corrected chi connectivity index (χ2v) is 8.68. The van der Waals surface area contributed by atoms with Crippen molar-refractivity contribution in [1.29, 1.82) is 0 Å². The lowest BCUT2D eigenvalue weighted by molar-refractivity contribution is -0.130. The van der Waals surface area contributed by atoms with E-state index in [0.717, 1.165) is 11.3 Å². The predicted molar refractivity (Wildman–Crippen MR) is 135 cm³/mol. The maximum atomic E-state index is 13.8. The first-order valence-electron chi connectivity index (χ1n) is 11.8. The van der Waals surface area contributed by atoms with Crippen LogP contribution in [0.4, 0.5) is 10.3 Å².